The average molecular weight is 226 g/mol. The second-order valence-corrected chi connectivity index (χ2v) is 5.02. The van der Waals surface area contributed by atoms with E-state index >= 15 is 0 Å². The van der Waals surface area contributed by atoms with E-state index in [2.05, 4.69) is 26.1 Å². The molecule has 1 rings (SSSR count). The number of carbonyl (C=O) groups excluding carboxylic acids is 1. The Morgan fingerprint density at radius 1 is 1.50 bits per heavy atom. The lowest BCUT2D eigenvalue weighted by Gasteiger charge is -2.38. The van der Waals surface area contributed by atoms with Crippen molar-refractivity contribution in [1.29, 1.82) is 0 Å². The summed E-state index contributed by atoms with van der Waals surface area (Å²) in [6.45, 7) is 11.4. The number of hydrogen-bond acceptors (Lipinski definition) is 2. The minimum Gasteiger partial charge on any atom is -0.342 e. The summed E-state index contributed by atoms with van der Waals surface area (Å²) in [4.78, 5) is 14.1. The number of nitrogens with zero attached hydrogens (tertiary/aromatic N) is 1. The molecule has 0 bridgehead atoms. The number of nitrogens with one attached hydrogen (secondary N) is 1. The Hall–Kier alpha value is -0.570. The highest BCUT2D eigenvalue weighted by Crippen LogP contribution is 2.19. The molecule has 3 unspecified atom stereocenters. The summed E-state index contributed by atoms with van der Waals surface area (Å²) in [5.41, 5.74) is 0. The molecule has 1 aliphatic rings. The third-order valence-corrected chi connectivity index (χ3v) is 3.72. The zero-order valence-electron chi connectivity index (χ0n) is 11.1. The van der Waals surface area contributed by atoms with Crippen molar-refractivity contribution in [2.45, 2.75) is 46.6 Å². The highest BCUT2D eigenvalue weighted by molar-refractivity contribution is 5.78. The van der Waals surface area contributed by atoms with Gasteiger partial charge in [0.2, 0.25) is 5.91 Å². The Morgan fingerprint density at radius 3 is 2.69 bits per heavy atom. The van der Waals surface area contributed by atoms with E-state index in [1.165, 1.54) is 0 Å². The van der Waals surface area contributed by atoms with Crippen LogP contribution in [0.3, 0.4) is 0 Å². The van der Waals surface area contributed by atoms with Crippen molar-refractivity contribution < 1.29 is 4.79 Å². The lowest BCUT2D eigenvalue weighted by molar-refractivity contribution is -0.137. The first-order chi connectivity index (χ1) is 7.60. The molecular weight excluding hydrogens is 200 g/mol. The standard InChI is InChI=1S/C13H26N2O/c1-5-10(3)13(16)15-8-7-12(14-6-2)11(4)9-15/h10-12,14H,5-9H2,1-4H3. The molecular formula is C13H26N2O. The zero-order valence-corrected chi connectivity index (χ0v) is 11.1. The van der Waals surface area contributed by atoms with Crippen LogP contribution in [0.2, 0.25) is 0 Å². The molecule has 1 saturated heterocycles. The second-order valence-electron chi connectivity index (χ2n) is 5.02. The Bertz CT molecular complexity index is 230. The molecule has 0 radical (unpaired) electrons. The van der Waals surface area contributed by atoms with Crippen LogP contribution in [0.5, 0.6) is 0 Å². The predicted molar refractivity (Wildman–Crippen MR) is 67.3 cm³/mol. The third kappa shape index (κ3) is 3.21. The van der Waals surface area contributed by atoms with Gasteiger partial charge in [0.1, 0.15) is 0 Å². The molecule has 1 amide bonds. The van der Waals surface area contributed by atoms with Gasteiger partial charge in [-0.2, -0.15) is 0 Å². The van der Waals surface area contributed by atoms with Gasteiger partial charge in [-0.25, -0.2) is 0 Å². The molecule has 1 fully saturated rings. The summed E-state index contributed by atoms with van der Waals surface area (Å²) in [6, 6.07) is 0.589. The zero-order chi connectivity index (χ0) is 12.1. The minimum absolute atomic E-state index is 0.183. The number of piperidine rings is 1. The van der Waals surface area contributed by atoms with Crippen molar-refractivity contribution in [1.82, 2.24) is 10.2 Å². The molecule has 0 saturated carbocycles. The van der Waals surface area contributed by atoms with Gasteiger partial charge in [0, 0.05) is 25.0 Å². The van der Waals surface area contributed by atoms with Gasteiger partial charge in [0.05, 0.1) is 0 Å². The molecule has 3 atom stereocenters. The van der Waals surface area contributed by atoms with Crippen LogP contribution < -0.4 is 5.32 Å². The fourth-order valence-corrected chi connectivity index (χ4v) is 2.40. The van der Waals surface area contributed by atoms with Crippen molar-refractivity contribution in [3.05, 3.63) is 0 Å². The molecule has 0 aliphatic carbocycles. The molecule has 0 aromatic carbocycles. The molecule has 0 spiro atoms. The molecule has 3 nitrogen and oxygen atoms in total. The summed E-state index contributed by atoms with van der Waals surface area (Å²) in [5, 5.41) is 3.50. The van der Waals surface area contributed by atoms with Gasteiger partial charge in [-0.05, 0) is 25.3 Å². The molecule has 0 aromatic rings. The van der Waals surface area contributed by atoms with E-state index in [0.29, 0.717) is 17.9 Å². The molecule has 1 N–H and O–H groups in total. The Labute approximate surface area is 99.6 Å². The normalized spacial score (nSPS) is 27.9. The second kappa shape index (κ2) is 6.24. The van der Waals surface area contributed by atoms with Crippen molar-refractivity contribution in [2.24, 2.45) is 11.8 Å². The van der Waals surface area contributed by atoms with E-state index in [1.54, 1.807) is 0 Å². The van der Waals surface area contributed by atoms with Crippen molar-refractivity contribution >= 4 is 5.91 Å². The van der Waals surface area contributed by atoms with E-state index in [9.17, 15) is 4.79 Å². The van der Waals surface area contributed by atoms with E-state index in [0.717, 1.165) is 32.5 Å². The molecule has 94 valence electrons. The maximum Gasteiger partial charge on any atom is 0.225 e. The first-order valence-corrected chi connectivity index (χ1v) is 6.62. The fraction of sp³-hybridized carbons (Fsp3) is 0.923. The van der Waals surface area contributed by atoms with Crippen LogP contribution in [-0.2, 0) is 4.79 Å². The molecule has 3 heteroatoms. The monoisotopic (exact) mass is 226 g/mol. The number of likely N-dealkylation sites (tertiary alicyclic amines) is 1. The van der Waals surface area contributed by atoms with E-state index < -0.39 is 0 Å². The molecule has 1 heterocycles. The Kier molecular flexibility index (Phi) is 5.26. The molecule has 16 heavy (non-hydrogen) atoms. The topological polar surface area (TPSA) is 32.3 Å². The lowest BCUT2D eigenvalue weighted by atomic mass is 9.92. The van der Waals surface area contributed by atoms with Gasteiger partial charge >= 0.3 is 0 Å². The summed E-state index contributed by atoms with van der Waals surface area (Å²) in [5.74, 6) is 1.09. The van der Waals surface area contributed by atoms with Gasteiger partial charge in [-0.1, -0.05) is 27.7 Å². The van der Waals surface area contributed by atoms with Crippen LogP contribution in [0.15, 0.2) is 0 Å². The smallest absolute Gasteiger partial charge is 0.225 e. The minimum atomic E-state index is 0.183. The van der Waals surface area contributed by atoms with Gasteiger partial charge in [-0.15, -0.1) is 0 Å². The van der Waals surface area contributed by atoms with E-state index in [4.69, 9.17) is 0 Å². The van der Waals surface area contributed by atoms with E-state index in [-0.39, 0.29) is 5.92 Å². The highest BCUT2D eigenvalue weighted by atomic mass is 16.2. The van der Waals surface area contributed by atoms with Crippen LogP contribution in [0.4, 0.5) is 0 Å². The first kappa shape index (κ1) is 13.5. The largest absolute Gasteiger partial charge is 0.342 e. The third-order valence-electron chi connectivity index (χ3n) is 3.72. The van der Waals surface area contributed by atoms with Gasteiger partial charge in [0.15, 0.2) is 0 Å². The van der Waals surface area contributed by atoms with Gasteiger partial charge in [0.25, 0.3) is 0 Å². The number of rotatable bonds is 4. The van der Waals surface area contributed by atoms with Crippen molar-refractivity contribution in [3.63, 3.8) is 0 Å². The highest BCUT2D eigenvalue weighted by Gasteiger charge is 2.29. The summed E-state index contributed by atoms with van der Waals surface area (Å²) in [6.07, 6.45) is 2.04. The average Bonchev–Trinajstić information content (AvgIpc) is 2.30. The maximum absolute atomic E-state index is 12.0. The predicted octanol–water partition coefficient (Wildman–Crippen LogP) is 1.88. The summed E-state index contributed by atoms with van der Waals surface area (Å²) >= 11 is 0. The number of hydrogen-bond donors (Lipinski definition) is 1. The van der Waals surface area contributed by atoms with Crippen LogP contribution in [-0.4, -0.2) is 36.5 Å². The van der Waals surface area contributed by atoms with Crippen LogP contribution >= 0.6 is 0 Å². The fourth-order valence-electron chi connectivity index (χ4n) is 2.40. The first-order valence-electron chi connectivity index (χ1n) is 6.62. The SMILES string of the molecule is CCNC1CCN(C(=O)C(C)CC)CC1C. The Morgan fingerprint density at radius 2 is 2.19 bits per heavy atom. The van der Waals surface area contributed by atoms with Crippen molar-refractivity contribution in [3.8, 4) is 0 Å². The summed E-state index contributed by atoms with van der Waals surface area (Å²) in [7, 11) is 0. The van der Waals surface area contributed by atoms with Crippen molar-refractivity contribution in [2.75, 3.05) is 19.6 Å². The summed E-state index contributed by atoms with van der Waals surface area (Å²) < 4.78 is 0. The lowest BCUT2D eigenvalue weighted by Crippen LogP contribution is -2.51. The van der Waals surface area contributed by atoms with Crippen LogP contribution in [0, 0.1) is 11.8 Å². The maximum atomic E-state index is 12.0. The van der Waals surface area contributed by atoms with E-state index in [1.807, 2.05) is 11.8 Å². The Balaban J connectivity index is 2.47. The number of amides is 1. The van der Waals surface area contributed by atoms with Crippen LogP contribution in [0.25, 0.3) is 0 Å². The van der Waals surface area contributed by atoms with Crippen LogP contribution in [0.1, 0.15) is 40.5 Å². The van der Waals surface area contributed by atoms with Gasteiger partial charge < -0.3 is 10.2 Å². The number of carbonyl (C=O) groups is 1. The van der Waals surface area contributed by atoms with Gasteiger partial charge in [-0.3, -0.25) is 4.79 Å². The molecule has 1 aliphatic heterocycles. The quantitative estimate of drug-likeness (QED) is 0.794. The molecule has 0 aromatic heterocycles.